The number of nitrogens with zero attached hydrogens (tertiary/aromatic N) is 3. The van der Waals surface area contributed by atoms with Crippen molar-refractivity contribution in [1.29, 1.82) is 0 Å². The van der Waals surface area contributed by atoms with Gasteiger partial charge in [-0.25, -0.2) is 0 Å². The van der Waals surface area contributed by atoms with Crippen LogP contribution >= 0.6 is 12.4 Å². The number of hydrogen-bond acceptors (Lipinski definition) is 7. The van der Waals surface area contributed by atoms with E-state index in [4.69, 9.17) is 19.0 Å². The lowest BCUT2D eigenvalue weighted by molar-refractivity contribution is 0.171. The van der Waals surface area contributed by atoms with Crippen LogP contribution in [0.4, 0.5) is 0 Å². The van der Waals surface area contributed by atoms with E-state index in [0.717, 1.165) is 42.5 Å². The Morgan fingerprint density at radius 3 is 2.73 bits per heavy atom. The van der Waals surface area contributed by atoms with Crippen LogP contribution in [-0.2, 0) is 5.41 Å². The van der Waals surface area contributed by atoms with Gasteiger partial charge >= 0.3 is 0 Å². The maximum absolute atomic E-state index is 5.70. The summed E-state index contributed by atoms with van der Waals surface area (Å²) in [7, 11) is 2.09. The lowest BCUT2D eigenvalue weighted by atomic mass is 9.84. The van der Waals surface area contributed by atoms with Gasteiger partial charge in [0.05, 0.1) is 11.5 Å². The van der Waals surface area contributed by atoms with E-state index in [1.54, 1.807) is 0 Å². The normalized spacial score (nSPS) is 20.5. The molecular formula is C18H25ClN4O3. The summed E-state index contributed by atoms with van der Waals surface area (Å²) in [6, 6.07) is 6.13. The Morgan fingerprint density at radius 2 is 1.96 bits per heavy atom. The number of nitrogens with one attached hydrogen (secondary N) is 1. The SMILES string of the molecule is CN1CCNCC1c1noc(C(C)(C)c2ccc3c(c2)OCCO3)n1.Cl. The number of likely N-dealkylation sites (N-methyl/N-ethyl adjacent to an activating group) is 1. The number of fused-ring (bicyclic) bond motifs is 1. The van der Waals surface area contributed by atoms with E-state index in [1.165, 1.54) is 0 Å². The standard InChI is InChI=1S/C18H24N4O3.ClH/c1-18(2,12-4-5-14-15(10-12)24-9-8-23-14)17-20-16(21-25-17)13-11-19-6-7-22(13)3;/h4-5,10,13,19H,6-9,11H2,1-3H3;1H. The van der Waals surface area contributed by atoms with Gasteiger partial charge in [0.2, 0.25) is 5.89 Å². The highest BCUT2D eigenvalue weighted by Gasteiger charge is 2.33. The van der Waals surface area contributed by atoms with Gasteiger partial charge in [0, 0.05) is 19.6 Å². The lowest BCUT2D eigenvalue weighted by Crippen LogP contribution is -2.44. The number of piperazine rings is 1. The summed E-state index contributed by atoms with van der Waals surface area (Å²) in [5.74, 6) is 2.90. The number of hydrogen-bond donors (Lipinski definition) is 1. The van der Waals surface area contributed by atoms with Gasteiger partial charge in [0.1, 0.15) is 13.2 Å². The first kappa shape index (κ1) is 18.9. The average Bonchev–Trinajstić information content (AvgIpc) is 3.12. The highest BCUT2D eigenvalue weighted by atomic mass is 35.5. The van der Waals surface area contributed by atoms with E-state index in [1.807, 2.05) is 18.2 Å². The van der Waals surface area contributed by atoms with Crippen LogP contribution < -0.4 is 14.8 Å². The van der Waals surface area contributed by atoms with Gasteiger partial charge in [-0.3, -0.25) is 4.90 Å². The first-order valence-electron chi connectivity index (χ1n) is 8.71. The molecule has 3 heterocycles. The van der Waals surface area contributed by atoms with Crippen LogP contribution in [0.5, 0.6) is 11.5 Å². The van der Waals surface area contributed by atoms with E-state index in [-0.39, 0.29) is 18.4 Å². The molecule has 1 aromatic carbocycles. The zero-order valence-corrected chi connectivity index (χ0v) is 16.1. The molecule has 0 aliphatic carbocycles. The second kappa shape index (κ2) is 7.42. The summed E-state index contributed by atoms with van der Waals surface area (Å²) in [6.07, 6.45) is 0. The molecule has 1 unspecified atom stereocenters. The van der Waals surface area contributed by atoms with Crippen molar-refractivity contribution in [3.63, 3.8) is 0 Å². The van der Waals surface area contributed by atoms with Gasteiger partial charge in [-0.2, -0.15) is 4.98 Å². The molecule has 2 aliphatic heterocycles. The Balaban J connectivity index is 0.00000196. The van der Waals surface area contributed by atoms with Crippen molar-refractivity contribution in [2.75, 3.05) is 39.9 Å². The molecule has 0 radical (unpaired) electrons. The summed E-state index contributed by atoms with van der Waals surface area (Å²) in [6.45, 7) is 8.12. The Hall–Kier alpha value is -1.83. The maximum Gasteiger partial charge on any atom is 0.236 e. The van der Waals surface area contributed by atoms with Crippen LogP contribution in [0.25, 0.3) is 0 Å². The van der Waals surface area contributed by atoms with E-state index >= 15 is 0 Å². The third kappa shape index (κ3) is 3.39. The molecule has 7 nitrogen and oxygen atoms in total. The lowest BCUT2D eigenvalue weighted by Gasteiger charge is -2.30. The molecule has 8 heteroatoms. The summed E-state index contributed by atoms with van der Waals surface area (Å²) in [5, 5.41) is 7.63. The highest BCUT2D eigenvalue weighted by molar-refractivity contribution is 5.85. The zero-order chi connectivity index (χ0) is 17.4. The smallest absolute Gasteiger partial charge is 0.236 e. The van der Waals surface area contributed by atoms with Gasteiger partial charge in [-0.1, -0.05) is 11.2 Å². The maximum atomic E-state index is 5.70. The van der Waals surface area contributed by atoms with Gasteiger partial charge in [-0.15, -0.1) is 12.4 Å². The molecule has 0 amide bonds. The van der Waals surface area contributed by atoms with E-state index in [9.17, 15) is 0 Å². The van der Waals surface area contributed by atoms with Gasteiger partial charge in [0.15, 0.2) is 17.3 Å². The van der Waals surface area contributed by atoms with Crippen LogP contribution in [0.3, 0.4) is 0 Å². The van der Waals surface area contributed by atoms with Crippen LogP contribution in [0, 0.1) is 0 Å². The Bertz CT molecular complexity index is 765. The van der Waals surface area contributed by atoms with Crippen molar-refractivity contribution in [2.45, 2.75) is 25.3 Å². The predicted molar refractivity (Wildman–Crippen MR) is 99.3 cm³/mol. The summed E-state index contributed by atoms with van der Waals surface area (Å²) in [4.78, 5) is 6.97. The Kier molecular flexibility index (Phi) is 5.41. The summed E-state index contributed by atoms with van der Waals surface area (Å²) < 4.78 is 16.9. The van der Waals surface area contributed by atoms with Crippen LogP contribution in [0.1, 0.15) is 37.2 Å². The monoisotopic (exact) mass is 380 g/mol. The predicted octanol–water partition coefficient (Wildman–Crippen LogP) is 2.16. The van der Waals surface area contributed by atoms with E-state index in [2.05, 4.69) is 36.3 Å². The number of ether oxygens (including phenoxy) is 2. The van der Waals surface area contributed by atoms with Crippen molar-refractivity contribution < 1.29 is 14.0 Å². The van der Waals surface area contributed by atoms with Gasteiger partial charge < -0.3 is 19.3 Å². The fourth-order valence-corrected chi connectivity index (χ4v) is 3.27. The highest BCUT2D eigenvalue weighted by Crippen LogP contribution is 2.38. The van der Waals surface area contributed by atoms with Crippen molar-refractivity contribution in [2.24, 2.45) is 0 Å². The largest absolute Gasteiger partial charge is 0.486 e. The fourth-order valence-electron chi connectivity index (χ4n) is 3.27. The van der Waals surface area contributed by atoms with Crippen LogP contribution in [0.2, 0.25) is 0 Å². The average molecular weight is 381 g/mol. The second-order valence-corrected chi connectivity index (χ2v) is 7.14. The molecule has 4 rings (SSSR count). The first-order valence-corrected chi connectivity index (χ1v) is 8.71. The first-order chi connectivity index (χ1) is 12.1. The molecule has 1 aromatic heterocycles. The Morgan fingerprint density at radius 1 is 1.19 bits per heavy atom. The summed E-state index contributed by atoms with van der Waals surface area (Å²) >= 11 is 0. The molecule has 2 aromatic rings. The summed E-state index contributed by atoms with van der Waals surface area (Å²) in [5.41, 5.74) is 0.643. The van der Waals surface area contributed by atoms with Crippen molar-refractivity contribution in [1.82, 2.24) is 20.4 Å². The van der Waals surface area contributed by atoms with E-state index in [0.29, 0.717) is 19.1 Å². The van der Waals surface area contributed by atoms with Crippen molar-refractivity contribution >= 4 is 12.4 Å². The van der Waals surface area contributed by atoms with Crippen LogP contribution in [-0.4, -0.2) is 54.9 Å². The Labute approximate surface area is 159 Å². The third-order valence-corrected chi connectivity index (χ3v) is 5.05. The fraction of sp³-hybridized carbons (Fsp3) is 0.556. The molecular weight excluding hydrogens is 356 g/mol. The molecule has 1 atom stereocenters. The minimum absolute atomic E-state index is 0. The molecule has 1 fully saturated rings. The molecule has 26 heavy (non-hydrogen) atoms. The van der Waals surface area contributed by atoms with Crippen molar-refractivity contribution in [3.8, 4) is 11.5 Å². The van der Waals surface area contributed by atoms with Crippen LogP contribution in [0.15, 0.2) is 22.7 Å². The molecule has 0 bridgehead atoms. The molecule has 2 aliphatic rings. The van der Waals surface area contributed by atoms with E-state index < -0.39 is 5.41 Å². The molecule has 0 spiro atoms. The number of benzene rings is 1. The molecule has 1 N–H and O–H groups in total. The minimum atomic E-state index is -0.415. The molecule has 142 valence electrons. The van der Waals surface area contributed by atoms with Gasteiger partial charge in [-0.05, 0) is 38.6 Å². The van der Waals surface area contributed by atoms with Crippen molar-refractivity contribution in [3.05, 3.63) is 35.5 Å². The topological polar surface area (TPSA) is 72.7 Å². The third-order valence-electron chi connectivity index (χ3n) is 5.05. The number of halogens is 1. The minimum Gasteiger partial charge on any atom is -0.486 e. The van der Waals surface area contributed by atoms with Gasteiger partial charge in [0.25, 0.3) is 0 Å². The number of aromatic nitrogens is 2. The quantitative estimate of drug-likeness (QED) is 0.874. The second-order valence-electron chi connectivity index (χ2n) is 7.14. The zero-order valence-electron chi connectivity index (χ0n) is 15.3. The molecule has 0 saturated carbocycles. The molecule has 1 saturated heterocycles. The number of rotatable bonds is 3.